The van der Waals surface area contributed by atoms with Crippen molar-refractivity contribution in [1.82, 2.24) is 0 Å². The molecule has 0 spiro atoms. The van der Waals surface area contributed by atoms with Gasteiger partial charge >= 0.3 is 5.97 Å². The van der Waals surface area contributed by atoms with E-state index in [0.29, 0.717) is 23.1 Å². The van der Waals surface area contributed by atoms with Crippen LogP contribution < -0.4 is 10.1 Å². The van der Waals surface area contributed by atoms with Gasteiger partial charge in [0.05, 0.1) is 24.4 Å². The number of halogens is 1. The van der Waals surface area contributed by atoms with E-state index < -0.39 is 0 Å². The predicted molar refractivity (Wildman–Crippen MR) is 72.4 cm³/mol. The Balaban J connectivity index is 2.45. The lowest BCUT2D eigenvalue weighted by Crippen LogP contribution is -2.17. The average Bonchev–Trinajstić information content (AvgIpc) is 2.38. The van der Waals surface area contributed by atoms with Crippen LogP contribution in [0.3, 0.4) is 0 Å². The van der Waals surface area contributed by atoms with Crippen LogP contribution in [0.2, 0.25) is 5.02 Å². The maximum absolute atomic E-state index is 11.4. The number of rotatable bonds is 7. The number of ether oxygens (including phenoxy) is 2. The number of hydrogen-bond donors (Lipinski definition) is 1. The molecule has 100 valence electrons. The normalized spacial score (nSPS) is 9.94. The van der Waals surface area contributed by atoms with Gasteiger partial charge in [0.25, 0.3) is 0 Å². The number of anilines is 1. The molecule has 0 atom stereocenters. The minimum Gasteiger partial charge on any atom is -0.497 e. The van der Waals surface area contributed by atoms with Crippen molar-refractivity contribution in [2.45, 2.75) is 19.8 Å². The zero-order chi connectivity index (χ0) is 13.4. The van der Waals surface area contributed by atoms with Crippen molar-refractivity contribution >= 4 is 23.3 Å². The van der Waals surface area contributed by atoms with Crippen LogP contribution in [0.5, 0.6) is 5.75 Å². The van der Waals surface area contributed by atoms with E-state index >= 15 is 0 Å². The Morgan fingerprint density at radius 3 is 2.89 bits per heavy atom. The van der Waals surface area contributed by atoms with Crippen molar-refractivity contribution < 1.29 is 14.3 Å². The van der Waals surface area contributed by atoms with Crippen molar-refractivity contribution in [3.63, 3.8) is 0 Å². The third kappa shape index (κ3) is 4.84. The molecule has 1 aromatic carbocycles. The molecule has 0 aliphatic rings. The first-order valence-electron chi connectivity index (χ1n) is 5.90. The molecule has 1 aromatic rings. The van der Waals surface area contributed by atoms with E-state index in [2.05, 4.69) is 5.32 Å². The van der Waals surface area contributed by atoms with Gasteiger partial charge in [0.1, 0.15) is 12.3 Å². The number of benzene rings is 1. The Bertz CT molecular complexity index is 396. The molecule has 0 aliphatic carbocycles. The summed E-state index contributed by atoms with van der Waals surface area (Å²) in [4.78, 5) is 11.4. The molecule has 0 heterocycles. The quantitative estimate of drug-likeness (QED) is 0.611. The Labute approximate surface area is 112 Å². The fourth-order valence-electron chi connectivity index (χ4n) is 1.32. The summed E-state index contributed by atoms with van der Waals surface area (Å²) in [6, 6.07) is 5.21. The molecule has 18 heavy (non-hydrogen) atoms. The molecule has 0 aliphatic heterocycles. The number of methoxy groups -OCH3 is 1. The molecule has 1 rings (SSSR count). The molecule has 0 radical (unpaired) electrons. The molecule has 0 aromatic heterocycles. The fourth-order valence-corrected chi connectivity index (χ4v) is 1.50. The van der Waals surface area contributed by atoms with Gasteiger partial charge in [-0.1, -0.05) is 24.9 Å². The molecule has 0 fully saturated rings. The van der Waals surface area contributed by atoms with Crippen LogP contribution in [0.4, 0.5) is 5.69 Å². The second-order valence-electron chi connectivity index (χ2n) is 3.77. The van der Waals surface area contributed by atoms with Crippen LogP contribution in [0.1, 0.15) is 19.8 Å². The van der Waals surface area contributed by atoms with E-state index in [0.717, 1.165) is 12.8 Å². The number of carbonyl (C=O) groups is 1. The van der Waals surface area contributed by atoms with Crippen LogP contribution in [-0.4, -0.2) is 26.2 Å². The lowest BCUT2D eigenvalue weighted by Gasteiger charge is -2.10. The molecule has 1 N–H and O–H groups in total. The SMILES string of the molecule is CCCCOC(=O)CNc1cc(OC)ccc1Cl. The summed E-state index contributed by atoms with van der Waals surface area (Å²) in [6.07, 6.45) is 1.88. The minimum absolute atomic E-state index is 0.0939. The van der Waals surface area contributed by atoms with E-state index in [4.69, 9.17) is 21.1 Å². The molecule has 4 nitrogen and oxygen atoms in total. The van der Waals surface area contributed by atoms with Gasteiger partial charge in [-0.25, -0.2) is 0 Å². The maximum Gasteiger partial charge on any atom is 0.325 e. The predicted octanol–water partition coefficient (Wildman–Crippen LogP) is 3.10. The molecular weight excluding hydrogens is 254 g/mol. The van der Waals surface area contributed by atoms with Crippen LogP contribution >= 0.6 is 11.6 Å². The molecule has 0 saturated carbocycles. The average molecular weight is 272 g/mol. The van der Waals surface area contributed by atoms with E-state index in [9.17, 15) is 4.79 Å². The van der Waals surface area contributed by atoms with Gasteiger partial charge in [-0.15, -0.1) is 0 Å². The van der Waals surface area contributed by atoms with Gasteiger partial charge < -0.3 is 14.8 Å². The lowest BCUT2D eigenvalue weighted by atomic mass is 10.3. The Morgan fingerprint density at radius 2 is 2.22 bits per heavy atom. The zero-order valence-electron chi connectivity index (χ0n) is 10.7. The highest BCUT2D eigenvalue weighted by molar-refractivity contribution is 6.33. The third-order valence-electron chi connectivity index (χ3n) is 2.36. The first kappa shape index (κ1) is 14.6. The third-order valence-corrected chi connectivity index (χ3v) is 2.69. The summed E-state index contributed by atoms with van der Waals surface area (Å²) in [7, 11) is 1.58. The van der Waals surface area contributed by atoms with Gasteiger partial charge in [0, 0.05) is 6.07 Å². The number of unbranched alkanes of at least 4 members (excludes halogenated alkanes) is 1. The standard InChI is InChI=1S/C13H18ClNO3/c1-3-4-7-18-13(16)9-15-12-8-10(17-2)5-6-11(12)14/h5-6,8,15H,3-4,7,9H2,1-2H3. The first-order valence-corrected chi connectivity index (χ1v) is 6.28. The van der Waals surface area contributed by atoms with Crippen LogP contribution in [-0.2, 0) is 9.53 Å². The van der Waals surface area contributed by atoms with Crippen LogP contribution in [0, 0.1) is 0 Å². The van der Waals surface area contributed by atoms with Crippen molar-refractivity contribution in [3.8, 4) is 5.75 Å². The lowest BCUT2D eigenvalue weighted by molar-refractivity contribution is -0.141. The van der Waals surface area contributed by atoms with Crippen molar-refractivity contribution in [3.05, 3.63) is 23.2 Å². The summed E-state index contributed by atoms with van der Waals surface area (Å²) < 4.78 is 10.1. The highest BCUT2D eigenvalue weighted by Gasteiger charge is 2.06. The van der Waals surface area contributed by atoms with E-state index in [1.165, 1.54) is 0 Å². The largest absolute Gasteiger partial charge is 0.497 e. The fraction of sp³-hybridized carbons (Fsp3) is 0.462. The maximum atomic E-state index is 11.4. The van der Waals surface area contributed by atoms with Crippen molar-refractivity contribution in [2.75, 3.05) is 25.6 Å². The Hall–Kier alpha value is -1.42. The molecular formula is C13H18ClNO3. The highest BCUT2D eigenvalue weighted by Crippen LogP contribution is 2.26. The molecule has 0 amide bonds. The summed E-state index contributed by atoms with van der Waals surface area (Å²) >= 11 is 5.99. The van der Waals surface area contributed by atoms with Crippen LogP contribution in [0.25, 0.3) is 0 Å². The van der Waals surface area contributed by atoms with Crippen LogP contribution in [0.15, 0.2) is 18.2 Å². The van der Waals surface area contributed by atoms with E-state index in [1.54, 1.807) is 25.3 Å². The molecule has 0 bridgehead atoms. The van der Waals surface area contributed by atoms with Gasteiger partial charge in [-0.2, -0.15) is 0 Å². The zero-order valence-corrected chi connectivity index (χ0v) is 11.4. The number of nitrogens with one attached hydrogen (secondary N) is 1. The molecule has 0 saturated heterocycles. The highest BCUT2D eigenvalue weighted by atomic mass is 35.5. The Kier molecular flexibility index (Phi) is 6.36. The topological polar surface area (TPSA) is 47.6 Å². The minimum atomic E-state index is -0.290. The molecule has 5 heteroatoms. The number of esters is 1. The summed E-state index contributed by atoms with van der Waals surface area (Å²) in [6.45, 7) is 2.60. The monoisotopic (exact) mass is 271 g/mol. The first-order chi connectivity index (χ1) is 8.67. The number of carbonyl (C=O) groups excluding carboxylic acids is 1. The van der Waals surface area contributed by atoms with E-state index in [1.807, 2.05) is 6.92 Å². The van der Waals surface area contributed by atoms with Gasteiger partial charge in [-0.3, -0.25) is 4.79 Å². The van der Waals surface area contributed by atoms with Gasteiger partial charge in [0.15, 0.2) is 0 Å². The van der Waals surface area contributed by atoms with E-state index in [-0.39, 0.29) is 12.5 Å². The summed E-state index contributed by atoms with van der Waals surface area (Å²) in [5.74, 6) is 0.392. The second-order valence-corrected chi connectivity index (χ2v) is 4.18. The van der Waals surface area contributed by atoms with Crippen molar-refractivity contribution in [1.29, 1.82) is 0 Å². The van der Waals surface area contributed by atoms with Gasteiger partial charge in [-0.05, 0) is 18.6 Å². The van der Waals surface area contributed by atoms with Gasteiger partial charge in [0.2, 0.25) is 0 Å². The summed E-state index contributed by atoms with van der Waals surface area (Å²) in [5, 5.41) is 3.47. The smallest absolute Gasteiger partial charge is 0.325 e. The van der Waals surface area contributed by atoms with Crippen molar-refractivity contribution in [2.24, 2.45) is 0 Å². The Morgan fingerprint density at radius 1 is 1.44 bits per heavy atom. The molecule has 0 unspecified atom stereocenters. The summed E-state index contributed by atoms with van der Waals surface area (Å²) in [5.41, 5.74) is 0.656. The number of hydrogen-bond acceptors (Lipinski definition) is 4. The second kappa shape index (κ2) is 7.82.